The van der Waals surface area contributed by atoms with Crippen LogP contribution in [0.2, 0.25) is 0 Å². The average molecular weight is 307 g/mol. The second-order valence-corrected chi connectivity index (χ2v) is 7.20. The van der Waals surface area contributed by atoms with E-state index in [9.17, 15) is 12.8 Å². The molecule has 2 aromatic rings. The van der Waals surface area contributed by atoms with Crippen molar-refractivity contribution in [3.8, 4) is 6.07 Å². The predicted molar refractivity (Wildman–Crippen MR) is 74.8 cm³/mol. The third-order valence-corrected chi connectivity index (χ3v) is 4.76. The van der Waals surface area contributed by atoms with Gasteiger partial charge in [0.2, 0.25) is 0 Å². The highest BCUT2D eigenvalue weighted by Crippen LogP contribution is 2.31. The van der Waals surface area contributed by atoms with Crippen LogP contribution < -0.4 is 0 Å². The summed E-state index contributed by atoms with van der Waals surface area (Å²) in [4.78, 5) is 1.46. The van der Waals surface area contributed by atoms with Crippen LogP contribution in [0.25, 0.3) is 0 Å². The number of rotatable bonds is 3. The van der Waals surface area contributed by atoms with Crippen LogP contribution in [0.4, 0.5) is 4.39 Å². The standard InChI is InChI=1S/C14H10FNO2S2/c1-20(17,18)11-7-5-10(6-8-11)19-14-4-2-3-13(15)12(14)9-16/h2-8H,1H3. The molecule has 6 heteroatoms. The van der Waals surface area contributed by atoms with E-state index in [0.29, 0.717) is 4.90 Å². The molecule has 2 rings (SSSR count). The number of hydrogen-bond donors (Lipinski definition) is 0. The molecule has 0 amide bonds. The first-order valence-electron chi connectivity index (χ1n) is 5.58. The number of benzene rings is 2. The molecule has 3 nitrogen and oxygen atoms in total. The first-order chi connectivity index (χ1) is 9.41. The lowest BCUT2D eigenvalue weighted by molar-refractivity contribution is 0.602. The first kappa shape index (κ1) is 14.6. The summed E-state index contributed by atoms with van der Waals surface area (Å²) in [6, 6.07) is 12.5. The molecule has 20 heavy (non-hydrogen) atoms. The zero-order chi connectivity index (χ0) is 14.8. The fourth-order valence-corrected chi connectivity index (χ4v) is 3.13. The van der Waals surface area contributed by atoms with Crippen LogP contribution in [-0.2, 0) is 9.84 Å². The Kier molecular flexibility index (Phi) is 4.12. The van der Waals surface area contributed by atoms with Crippen LogP contribution in [0, 0.1) is 17.1 Å². The van der Waals surface area contributed by atoms with Gasteiger partial charge < -0.3 is 0 Å². The second kappa shape index (κ2) is 5.65. The molecule has 0 saturated heterocycles. The Morgan fingerprint density at radius 2 is 1.80 bits per heavy atom. The predicted octanol–water partition coefficient (Wildman–Crippen LogP) is 3.25. The van der Waals surface area contributed by atoms with E-state index >= 15 is 0 Å². The quantitative estimate of drug-likeness (QED) is 0.873. The first-order valence-corrected chi connectivity index (χ1v) is 8.29. The fourth-order valence-electron chi connectivity index (χ4n) is 1.58. The molecule has 0 N–H and O–H groups in total. The summed E-state index contributed by atoms with van der Waals surface area (Å²) in [5.74, 6) is -0.565. The SMILES string of the molecule is CS(=O)(=O)c1ccc(Sc2cccc(F)c2C#N)cc1. The highest BCUT2D eigenvalue weighted by molar-refractivity contribution is 7.99. The molecule has 0 unspecified atom stereocenters. The lowest BCUT2D eigenvalue weighted by atomic mass is 10.2. The van der Waals surface area contributed by atoms with Gasteiger partial charge >= 0.3 is 0 Å². The molecule has 0 atom stereocenters. The van der Waals surface area contributed by atoms with Gasteiger partial charge in [-0.15, -0.1) is 0 Å². The Labute approximate surface area is 121 Å². The van der Waals surface area contributed by atoms with Gasteiger partial charge in [-0.05, 0) is 36.4 Å². The smallest absolute Gasteiger partial charge is 0.175 e. The zero-order valence-electron chi connectivity index (χ0n) is 10.5. The van der Waals surface area contributed by atoms with Crippen LogP contribution in [0.1, 0.15) is 5.56 Å². The van der Waals surface area contributed by atoms with E-state index in [1.165, 1.54) is 36.0 Å². The summed E-state index contributed by atoms with van der Waals surface area (Å²) in [6.07, 6.45) is 1.13. The topological polar surface area (TPSA) is 57.9 Å². The molecule has 0 fully saturated rings. The van der Waals surface area contributed by atoms with Crippen molar-refractivity contribution in [3.05, 3.63) is 53.8 Å². The number of halogens is 1. The molecular formula is C14H10FNO2S2. The Balaban J connectivity index is 2.32. The molecule has 0 heterocycles. The van der Waals surface area contributed by atoms with Crippen LogP contribution in [0.3, 0.4) is 0 Å². The lowest BCUT2D eigenvalue weighted by Crippen LogP contribution is -1.96. The maximum atomic E-state index is 13.5. The zero-order valence-corrected chi connectivity index (χ0v) is 12.1. The monoisotopic (exact) mass is 307 g/mol. The lowest BCUT2D eigenvalue weighted by Gasteiger charge is -2.05. The number of hydrogen-bond acceptors (Lipinski definition) is 4. The maximum Gasteiger partial charge on any atom is 0.175 e. The maximum absolute atomic E-state index is 13.5. The molecule has 0 spiro atoms. The van der Waals surface area contributed by atoms with Crippen molar-refractivity contribution in [2.75, 3.05) is 6.26 Å². The number of sulfone groups is 1. The normalized spacial score (nSPS) is 11.1. The molecule has 0 saturated carbocycles. The minimum atomic E-state index is -3.23. The summed E-state index contributed by atoms with van der Waals surface area (Å²) >= 11 is 1.21. The van der Waals surface area contributed by atoms with Crippen molar-refractivity contribution in [1.29, 1.82) is 5.26 Å². The van der Waals surface area contributed by atoms with E-state index in [-0.39, 0.29) is 10.5 Å². The van der Waals surface area contributed by atoms with Crippen LogP contribution in [-0.4, -0.2) is 14.7 Å². The summed E-state index contributed by atoms with van der Waals surface area (Å²) < 4.78 is 36.2. The molecule has 0 aromatic heterocycles. The van der Waals surface area contributed by atoms with Gasteiger partial charge in [0.1, 0.15) is 17.4 Å². The van der Waals surface area contributed by atoms with Gasteiger partial charge in [0.25, 0.3) is 0 Å². The largest absolute Gasteiger partial charge is 0.224 e. The van der Waals surface area contributed by atoms with Crippen molar-refractivity contribution in [2.24, 2.45) is 0 Å². The van der Waals surface area contributed by atoms with Crippen molar-refractivity contribution in [2.45, 2.75) is 14.7 Å². The van der Waals surface area contributed by atoms with E-state index in [0.717, 1.165) is 11.2 Å². The summed E-state index contributed by atoms with van der Waals surface area (Å²) in [5.41, 5.74) is -0.00955. The third kappa shape index (κ3) is 3.18. The van der Waals surface area contributed by atoms with E-state index in [1.807, 2.05) is 6.07 Å². The van der Waals surface area contributed by atoms with Crippen molar-refractivity contribution < 1.29 is 12.8 Å². The van der Waals surface area contributed by atoms with Crippen molar-refractivity contribution in [3.63, 3.8) is 0 Å². The van der Waals surface area contributed by atoms with Crippen molar-refractivity contribution in [1.82, 2.24) is 0 Å². The average Bonchev–Trinajstić information content (AvgIpc) is 2.38. The van der Waals surface area contributed by atoms with E-state index < -0.39 is 15.7 Å². The number of nitriles is 1. The van der Waals surface area contributed by atoms with Gasteiger partial charge in [0.15, 0.2) is 9.84 Å². The molecular weight excluding hydrogens is 297 g/mol. The van der Waals surface area contributed by atoms with Crippen LogP contribution >= 0.6 is 11.8 Å². The molecule has 2 aromatic carbocycles. The summed E-state index contributed by atoms with van der Waals surface area (Å²) in [6.45, 7) is 0. The van der Waals surface area contributed by atoms with Crippen LogP contribution in [0.15, 0.2) is 57.2 Å². The second-order valence-electron chi connectivity index (χ2n) is 4.07. The van der Waals surface area contributed by atoms with Gasteiger partial charge in [0.05, 0.1) is 4.90 Å². The molecule has 0 aliphatic rings. The van der Waals surface area contributed by atoms with Gasteiger partial charge in [-0.2, -0.15) is 5.26 Å². The van der Waals surface area contributed by atoms with E-state index in [4.69, 9.17) is 5.26 Å². The summed E-state index contributed by atoms with van der Waals surface area (Å²) in [7, 11) is -3.23. The molecule has 0 radical (unpaired) electrons. The molecule has 0 bridgehead atoms. The van der Waals surface area contributed by atoms with Crippen molar-refractivity contribution >= 4 is 21.6 Å². The highest BCUT2D eigenvalue weighted by atomic mass is 32.2. The molecule has 0 aliphatic carbocycles. The van der Waals surface area contributed by atoms with E-state index in [2.05, 4.69) is 0 Å². The summed E-state index contributed by atoms with van der Waals surface area (Å²) in [5, 5.41) is 8.95. The van der Waals surface area contributed by atoms with E-state index in [1.54, 1.807) is 18.2 Å². The fraction of sp³-hybridized carbons (Fsp3) is 0.0714. The van der Waals surface area contributed by atoms with Gasteiger partial charge in [-0.25, -0.2) is 12.8 Å². The van der Waals surface area contributed by atoms with Gasteiger partial charge in [-0.3, -0.25) is 0 Å². The number of nitrogens with zero attached hydrogens (tertiary/aromatic N) is 1. The Morgan fingerprint density at radius 1 is 1.15 bits per heavy atom. The highest BCUT2D eigenvalue weighted by Gasteiger charge is 2.10. The Bertz CT molecular complexity index is 778. The molecule has 0 aliphatic heterocycles. The Hall–Kier alpha value is -1.84. The van der Waals surface area contributed by atoms with Gasteiger partial charge in [-0.1, -0.05) is 17.8 Å². The third-order valence-electron chi connectivity index (χ3n) is 2.57. The van der Waals surface area contributed by atoms with Gasteiger partial charge in [0, 0.05) is 16.0 Å². The Morgan fingerprint density at radius 3 is 2.35 bits per heavy atom. The minimum absolute atomic E-state index is 0.00955. The van der Waals surface area contributed by atoms with Crippen LogP contribution in [0.5, 0.6) is 0 Å². The minimum Gasteiger partial charge on any atom is -0.224 e. The molecule has 102 valence electrons.